The number of ether oxygens (including phenoxy) is 2. The van der Waals surface area contributed by atoms with Crippen LogP contribution in [0.5, 0.6) is 11.5 Å². The average molecular weight is 647 g/mol. The Morgan fingerprint density at radius 3 is 2.32 bits per heavy atom. The number of hydrogen-bond donors (Lipinski definition) is 1. The van der Waals surface area contributed by atoms with Crippen LogP contribution in [0.1, 0.15) is 31.4 Å². The van der Waals surface area contributed by atoms with E-state index in [1.54, 1.807) is 31.2 Å². The Hall–Kier alpha value is -3.57. The van der Waals surface area contributed by atoms with Gasteiger partial charge in [-0.1, -0.05) is 52.7 Å². The molecular weight excluding hydrogens is 610 g/mol. The summed E-state index contributed by atoms with van der Waals surface area (Å²) in [4.78, 5) is 28.5. The van der Waals surface area contributed by atoms with E-state index in [2.05, 4.69) is 21.2 Å². The van der Waals surface area contributed by atoms with Crippen molar-refractivity contribution in [2.24, 2.45) is 0 Å². The van der Waals surface area contributed by atoms with Crippen LogP contribution in [0.2, 0.25) is 0 Å². The fraction of sp³-hybridized carbons (Fsp3) is 0.333. The number of rotatable bonds is 13. The van der Waals surface area contributed by atoms with Crippen molar-refractivity contribution in [1.29, 1.82) is 0 Å². The first kappa shape index (κ1) is 32.0. The van der Waals surface area contributed by atoms with Crippen molar-refractivity contribution in [3.05, 3.63) is 82.3 Å². The number of aryl methyl sites for hydroxylation is 1. The quantitative estimate of drug-likeness (QED) is 0.283. The second-order valence-electron chi connectivity index (χ2n) is 9.48. The number of benzene rings is 3. The third-order valence-electron chi connectivity index (χ3n) is 6.50. The van der Waals surface area contributed by atoms with Crippen molar-refractivity contribution in [2.45, 2.75) is 44.7 Å². The van der Waals surface area contributed by atoms with Gasteiger partial charge >= 0.3 is 0 Å². The second kappa shape index (κ2) is 14.4. The Balaban J connectivity index is 2.11. The van der Waals surface area contributed by atoms with Crippen molar-refractivity contribution < 1.29 is 27.5 Å². The molecule has 0 aromatic heterocycles. The topological polar surface area (TPSA) is 105 Å². The Kier molecular flexibility index (Phi) is 11.2. The van der Waals surface area contributed by atoms with E-state index < -0.39 is 28.5 Å². The summed E-state index contributed by atoms with van der Waals surface area (Å²) in [5, 5.41) is 2.83. The first-order valence-corrected chi connectivity index (χ1v) is 15.4. The van der Waals surface area contributed by atoms with E-state index in [-0.39, 0.29) is 28.8 Å². The maximum Gasteiger partial charge on any atom is 0.264 e. The van der Waals surface area contributed by atoms with Gasteiger partial charge in [-0.15, -0.1) is 0 Å². The highest BCUT2D eigenvalue weighted by Gasteiger charge is 2.34. The summed E-state index contributed by atoms with van der Waals surface area (Å²) in [5.74, 6) is -0.274. The number of amides is 2. The maximum atomic E-state index is 14.1. The Morgan fingerprint density at radius 2 is 1.71 bits per heavy atom. The van der Waals surface area contributed by atoms with Crippen LogP contribution in [0.25, 0.3) is 0 Å². The predicted octanol–water partition coefficient (Wildman–Crippen LogP) is 4.91. The number of nitrogens with zero attached hydrogens (tertiary/aromatic N) is 2. The lowest BCUT2D eigenvalue weighted by atomic mass is 10.1. The molecule has 3 aromatic rings. The molecule has 1 atom stereocenters. The van der Waals surface area contributed by atoms with E-state index in [9.17, 15) is 18.0 Å². The molecule has 41 heavy (non-hydrogen) atoms. The molecule has 0 heterocycles. The van der Waals surface area contributed by atoms with Gasteiger partial charge in [0.25, 0.3) is 10.0 Å². The van der Waals surface area contributed by atoms with Crippen molar-refractivity contribution in [1.82, 2.24) is 10.2 Å². The maximum absolute atomic E-state index is 14.1. The zero-order chi connectivity index (χ0) is 30.2. The molecule has 0 radical (unpaired) electrons. The van der Waals surface area contributed by atoms with Crippen LogP contribution >= 0.6 is 15.9 Å². The molecule has 2 amide bonds. The highest BCUT2D eigenvalue weighted by Crippen LogP contribution is 2.36. The van der Waals surface area contributed by atoms with Gasteiger partial charge in [0.2, 0.25) is 11.8 Å². The van der Waals surface area contributed by atoms with Crippen LogP contribution in [0.3, 0.4) is 0 Å². The summed E-state index contributed by atoms with van der Waals surface area (Å²) < 4.78 is 40.9. The van der Waals surface area contributed by atoms with Gasteiger partial charge in [-0.25, -0.2) is 8.42 Å². The Bertz CT molecular complexity index is 1460. The van der Waals surface area contributed by atoms with E-state index in [0.29, 0.717) is 12.3 Å². The zero-order valence-corrected chi connectivity index (χ0v) is 26.3. The molecule has 220 valence electrons. The molecule has 0 aliphatic carbocycles. The smallest absolute Gasteiger partial charge is 0.264 e. The van der Waals surface area contributed by atoms with Gasteiger partial charge in [0, 0.05) is 23.6 Å². The molecule has 0 spiro atoms. The normalized spacial score (nSPS) is 11.9. The fourth-order valence-corrected chi connectivity index (χ4v) is 6.02. The van der Waals surface area contributed by atoms with Gasteiger partial charge in [0.15, 0.2) is 0 Å². The molecular formula is C30H36BrN3O6S. The van der Waals surface area contributed by atoms with Crippen LogP contribution in [-0.4, -0.2) is 58.5 Å². The van der Waals surface area contributed by atoms with Crippen molar-refractivity contribution >= 4 is 43.5 Å². The van der Waals surface area contributed by atoms with E-state index in [1.807, 2.05) is 38.1 Å². The minimum atomic E-state index is -4.25. The Labute approximate surface area is 250 Å². The number of carbonyl (C=O) groups excluding carboxylic acids is 2. The van der Waals surface area contributed by atoms with Gasteiger partial charge < -0.3 is 19.7 Å². The monoisotopic (exact) mass is 645 g/mol. The zero-order valence-electron chi connectivity index (χ0n) is 23.9. The molecule has 3 aromatic carbocycles. The largest absolute Gasteiger partial charge is 0.497 e. The number of nitrogens with one attached hydrogen (secondary N) is 1. The summed E-state index contributed by atoms with van der Waals surface area (Å²) in [6.07, 6.45) is 0.732. The molecule has 11 heteroatoms. The molecule has 9 nitrogen and oxygen atoms in total. The molecule has 0 aliphatic rings. The lowest BCUT2D eigenvalue weighted by molar-refractivity contribution is -0.139. The van der Waals surface area contributed by atoms with Gasteiger partial charge in [-0.05, 0) is 62.2 Å². The van der Waals surface area contributed by atoms with Crippen LogP contribution in [-0.2, 0) is 26.2 Å². The highest BCUT2D eigenvalue weighted by molar-refractivity contribution is 9.10. The first-order valence-electron chi connectivity index (χ1n) is 13.1. The number of sulfonamides is 1. The molecule has 0 saturated heterocycles. The van der Waals surface area contributed by atoms with Crippen molar-refractivity contribution in [3.63, 3.8) is 0 Å². The van der Waals surface area contributed by atoms with Gasteiger partial charge in [-0.2, -0.15) is 0 Å². The molecule has 0 fully saturated rings. The van der Waals surface area contributed by atoms with E-state index in [4.69, 9.17) is 9.47 Å². The second-order valence-corrected chi connectivity index (χ2v) is 12.3. The standard InChI is InChI=1S/C30H36BrN3O6S/c1-6-16-32-30(36)22(3)33(19-23-8-7-9-24(31)17-23)29(35)20-34(27-18-25(39-4)12-15-28(27)40-5)41(37,38)26-13-10-21(2)11-14-26/h7-15,17-18,22H,6,16,19-20H2,1-5H3,(H,32,36)/t22-/m0/s1. The van der Waals surface area contributed by atoms with Gasteiger partial charge in [0.05, 0.1) is 24.8 Å². The van der Waals surface area contributed by atoms with Crippen LogP contribution in [0, 0.1) is 6.92 Å². The summed E-state index contributed by atoms with van der Waals surface area (Å²) in [5.41, 5.74) is 1.79. The fourth-order valence-electron chi connectivity index (χ4n) is 4.15. The van der Waals surface area contributed by atoms with E-state index in [1.165, 1.54) is 37.3 Å². The number of hydrogen-bond acceptors (Lipinski definition) is 6. The third-order valence-corrected chi connectivity index (χ3v) is 8.77. The summed E-state index contributed by atoms with van der Waals surface area (Å²) in [6.45, 7) is 5.38. The molecule has 0 aliphatic heterocycles. The molecule has 0 unspecified atom stereocenters. The third kappa shape index (κ3) is 8.01. The lowest BCUT2D eigenvalue weighted by Gasteiger charge is -2.32. The van der Waals surface area contributed by atoms with Crippen molar-refractivity contribution in [2.75, 3.05) is 31.6 Å². The van der Waals surface area contributed by atoms with Crippen LogP contribution in [0.4, 0.5) is 5.69 Å². The number of halogens is 1. The number of methoxy groups -OCH3 is 2. The molecule has 1 N–H and O–H groups in total. The van der Waals surface area contributed by atoms with Crippen molar-refractivity contribution in [3.8, 4) is 11.5 Å². The summed E-state index contributed by atoms with van der Waals surface area (Å²) >= 11 is 3.45. The minimum Gasteiger partial charge on any atom is -0.497 e. The molecule has 0 bridgehead atoms. The minimum absolute atomic E-state index is 0.00745. The average Bonchev–Trinajstić information content (AvgIpc) is 2.96. The summed E-state index contributed by atoms with van der Waals surface area (Å²) in [6, 6.07) is 17.6. The Morgan fingerprint density at radius 1 is 1.00 bits per heavy atom. The van der Waals surface area contributed by atoms with E-state index >= 15 is 0 Å². The van der Waals surface area contributed by atoms with Crippen LogP contribution < -0.4 is 19.1 Å². The number of anilines is 1. The van der Waals surface area contributed by atoms with E-state index in [0.717, 1.165) is 26.3 Å². The van der Waals surface area contributed by atoms with Gasteiger partial charge in [-0.3, -0.25) is 13.9 Å². The molecule has 3 rings (SSSR count). The number of carbonyl (C=O) groups is 2. The predicted molar refractivity (Wildman–Crippen MR) is 163 cm³/mol. The lowest BCUT2D eigenvalue weighted by Crippen LogP contribution is -2.51. The van der Waals surface area contributed by atoms with Crippen LogP contribution in [0.15, 0.2) is 76.1 Å². The SMILES string of the molecule is CCCNC(=O)[C@H](C)N(Cc1cccc(Br)c1)C(=O)CN(c1cc(OC)ccc1OC)S(=O)(=O)c1ccc(C)cc1. The van der Waals surface area contributed by atoms with Gasteiger partial charge in [0.1, 0.15) is 24.1 Å². The molecule has 0 saturated carbocycles. The highest BCUT2D eigenvalue weighted by atomic mass is 79.9. The summed E-state index contributed by atoms with van der Waals surface area (Å²) in [7, 11) is -1.37. The first-order chi connectivity index (χ1) is 19.5.